The number of hydrogen-bond acceptors (Lipinski definition) is 4. The molecule has 0 fully saturated rings. The van der Waals surface area contributed by atoms with Gasteiger partial charge in [0, 0.05) is 10.8 Å². The number of benzene rings is 1. The van der Waals surface area contributed by atoms with Crippen LogP contribution in [-0.2, 0) is 6.42 Å². The molecule has 0 unspecified atom stereocenters. The molecule has 3 nitrogen and oxygen atoms in total. The third-order valence-corrected chi connectivity index (χ3v) is 4.20. The molecule has 0 aliphatic rings. The topological polar surface area (TPSA) is 46.3 Å². The number of fused-ring (bicyclic) bond motifs is 1. The van der Waals surface area contributed by atoms with Crippen LogP contribution in [0.25, 0.3) is 21.7 Å². The van der Waals surface area contributed by atoms with E-state index in [0.717, 1.165) is 33.9 Å². The van der Waals surface area contributed by atoms with Gasteiger partial charge < -0.3 is 9.52 Å². The summed E-state index contributed by atoms with van der Waals surface area (Å²) in [4.78, 5) is 4.63. The molecule has 104 valence electrons. The largest absolute Gasteiger partial charge is 0.508 e. The number of aromatic nitrogens is 1. The van der Waals surface area contributed by atoms with Gasteiger partial charge in [0.15, 0.2) is 10.8 Å². The predicted molar refractivity (Wildman–Crippen MR) is 82.2 cm³/mol. The van der Waals surface area contributed by atoms with Gasteiger partial charge in [0.1, 0.15) is 11.3 Å². The highest BCUT2D eigenvalue weighted by Crippen LogP contribution is 2.31. The van der Waals surface area contributed by atoms with Gasteiger partial charge in [-0.3, -0.25) is 0 Å². The number of nitrogens with zero attached hydrogens (tertiary/aromatic N) is 1. The summed E-state index contributed by atoms with van der Waals surface area (Å²) in [5.41, 5.74) is 1.92. The van der Waals surface area contributed by atoms with E-state index >= 15 is 0 Å². The lowest BCUT2D eigenvalue weighted by Crippen LogP contribution is -1.85. The van der Waals surface area contributed by atoms with Gasteiger partial charge in [-0.05, 0) is 37.1 Å². The van der Waals surface area contributed by atoms with Crippen LogP contribution in [0.1, 0.15) is 31.9 Å². The zero-order valence-electron chi connectivity index (χ0n) is 11.4. The molecule has 0 saturated heterocycles. The van der Waals surface area contributed by atoms with E-state index in [1.165, 1.54) is 19.3 Å². The minimum absolute atomic E-state index is 0.254. The van der Waals surface area contributed by atoms with E-state index in [0.29, 0.717) is 0 Å². The van der Waals surface area contributed by atoms with Crippen LogP contribution in [0.4, 0.5) is 0 Å². The Kier molecular flexibility index (Phi) is 3.74. The number of unbranched alkanes of at least 4 members (excludes halogenated alkanes) is 2. The van der Waals surface area contributed by atoms with E-state index in [2.05, 4.69) is 17.3 Å². The van der Waals surface area contributed by atoms with Crippen molar-refractivity contribution < 1.29 is 9.52 Å². The van der Waals surface area contributed by atoms with E-state index in [9.17, 15) is 5.11 Å². The average molecular weight is 287 g/mol. The van der Waals surface area contributed by atoms with Crippen LogP contribution in [0.2, 0.25) is 0 Å². The Labute approximate surface area is 121 Å². The van der Waals surface area contributed by atoms with E-state index in [1.807, 2.05) is 6.07 Å². The van der Waals surface area contributed by atoms with Gasteiger partial charge in [-0.2, -0.15) is 0 Å². The van der Waals surface area contributed by atoms with Gasteiger partial charge in [-0.25, -0.2) is 4.98 Å². The normalized spacial score (nSPS) is 11.2. The highest BCUT2D eigenvalue weighted by atomic mass is 32.1. The fourth-order valence-corrected chi connectivity index (χ4v) is 3.03. The van der Waals surface area contributed by atoms with Crippen molar-refractivity contribution in [1.82, 2.24) is 4.98 Å². The zero-order chi connectivity index (χ0) is 13.9. The van der Waals surface area contributed by atoms with E-state index in [1.54, 1.807) is 29.5 Å². The van der Waals surface area contributed by atoms with Crippen LogP contribution in [0.3, 0.4) is 0 Å². The number of rotatable bonds is 5. The summed E-state index contributed by atoms with van der Waals surface area (Å²) in [5.74, 6) is 1.03. The van der Waals surface area contributed by atoms with Gasteiger partial charge in [0.2, 0.25) is 0 Å². The summed E-state index contributed by atoms with van der Waals surface area (Å²) in [6, 6.07) is 7.05. The molecule has 20 heavy (non-hydrogen) atoms. The predicted octanol–water partition coefficient (Wildman–Crippen LogP) is 4.99. The quantitative estimate of drug-likeness (QED) is 0.672. The van der Waals surface area contributed by atoms with Crippen molar-refractivity contribution in [2.75, 3.05) is 0 Å². The van der Waals surface area contributed by atoms with E-state index in [-0.39, 0.29) is 5.75 Å². The second kappa shape index (κ2) is 5.67. The molecule has 4 heteroatoms. The molecule has 0 amide bonds. The number of thiazole rings is 1. The third kappa shape index (κ3) is 2.70. The Balaban J connectivity index is 1.83. The molecule has 0 spiro atoms. The summed E-state index contributed by atoms with van der Waals surface area (Å²) in [6.45, 7) is 2.20. The van der Waals surface area contributed by atoms with E-state index in [4.69, 9.17) is 4.42 Å². The number of phenols is 1. The highest BCUT2D eigenvalue weighted by molar-refractivity contribution is 7.13. The van der Waals surface area contributed by atoms with Gasteiger partial charge in [-0.15, -0.1) is 11.3 Å². The lowest BCUT2D eigenvalue weighted by atomic mass is 10.2. The minimum atomic E-state index is 0.254. The molecule has 2 aromatic heterocycles. The average Bonchev–Trinajstić information content (AvgIpc) is 3.04. The van der Waals surface area contributed by atoms with Gasteiger partial charge in [-0.1, -0.05) is 19.8 Å². The first-order valence-electron chi connectivity index (χ1n) is 6.93. The minimum Gasteiger partial charge on any atom is -0.508 e. The smallest absolute Gasteiger partial charge is 0.164 e. The molecule has 3 rings (SSSR count). The Bertz CT molecular complexity index is 714. The molecule has 1 aromatic carbocycles. The number of furan rings is 1. The van der Waals surface area contributed by atoms with Crippen LogP contribution in [0.5, 0.6) is 5.75 Å². The van der Waals surface area contributed by atoms with Crippen molar-refractivity contribution in [3.63, 3.8) is 0 Å². The van der Waals surface area contributed by atoms with Gasteiger partial charge in [0.25, 0.3) is 0 Å². The van der Waals surface area contributed by atoms with Crippen molar-refractivity contribution in [2.45, 2.75) is 32.6 Å². The standard InChI is InChI=1S/C16H17NO2S/c1-2-3-4-5-12-10-20-16(17-12)15-9-11-8-13(18)6-7-14(11)19-15/h6-10,18H,2-5H2,1H3. The van der Waals surface area contributed by atoms with Crippen molar-refractivity contribution in [2.24, 2.45) is 0 Å². The summed E-state index contributed by atoms with van der Waals surface area (Å²) < 4.78 is 5.78. The molecule has 0 atom stereocenters. The molecule has 1 N–H and O–H groups in total. The first-order valence-corrected chi connectivity index (χ1v) is 7.81. The van der Waals surface area contributed by atoms with Gasteiger partial charge >= 0.3 is 0 Å². The Morgan fingerprint density at radius 2 is 2.15 bits per heavy atom. The molecule has 3 aromatic rings. The molecule has 2 heterocycles. The molecular formula is C16H17NO2S. The fraction of sp³-hybridized carbons (Fsp3) is 0.312. The maximum Gasteiger partial charge on any atom is 0.164 e. The summed E-state index contributed by atoms with van der Waals surface area (Å²) >= 11 is 1.61. The second-order valence-electron chi connectivity index (χ2n) is 4.93. The van der Waals surface area contributed by atoms with Crippen LogP contribution in [-0.4, -0.2) is 10.1 Å². The van der Waals surface area contributed by atoms with Crippen molar-refractivity contribution >= 4 is 22.3 Å². The second-order valence-corrected chi connectivity index (χ2v) is 5.79. The highest BCUT2D eigenvalue weighted by Gasteiger charge is 2.10. The Morgan fingerprint density at radius 1 is 1.25 bits per heavy atom. The van der Waals surface area contributed by atoms with Crippen molar-refractivity contribution in [3.05, 3.63) is 35.3 Å². The van der Waals surface area contributed by atoms with Crippen LogP contribution >= 0.6 is 11.3 Å². The maximum atomic E-state index is 9.48. The number of hydrogen-bond donors (Lipinski definition) is 1. The van der Waals surface area contributed by atoms with Gasteiger partial charge in [0.05, 0.1) is 5.69 Å². The van der Waals surface area contributed by atoms with Crippen LogP contribution in [0.15, 0.2) is 34.1 Å². The SMILES string of the molecule is CCCCCc1csc(-c2cc3cc(O)ccc3o2)n1. The molecule has 0 bridgehead atoms. The first-order chi connectivity index (χ1) is 9.76. The number of aryl methyl sites for hydroxylation is 1. The monoisotopic (exact) mass is 287 g/mol. The molecule has 0 aliphatic carbocycles. The summed E-state index contributed by atoms with van der Waals surface area (Å²) in [7, 11) is 0. The number of aromatic hydroxyl groups is 1. The van der Waals surface area contributed by atoms with Crippen molar-refractivity contribution in [3.8, 4) is 16.5 Å². The molecule has 0 saturated carbocycles. The summed E-state index contributed by atoms with van der Waals surface area (Å²) in [5, 5.41) is 13.4. The lowest BCUT2D eigenvalue weighted by Gasteiger charge is -1.94. The Morgan fingerprint density at radius 3 is 3.00 bits per heavy atom. The molecule has 0 radical (unpaired) electrons. The third-order valence-electron chi connectivity index (χ3n) is 3.30. The van der Waals surface area contributed by atoms with Crippen molar-refractivity contribution in [1.29, 1.82) is 0 Å². The van der Waals surface area contributed by atoms with Crippen LogP contribution in [0, 0.1) is 0 Å². The van der Waals surface area contributed by atoms with Crippen LogP contribution < -0.4 is 0 Å². The Hall–Kier alpha value is -1.81. The first kappa shape index (κ1) is 13.2. The fourth-order valence-electron chi connectivity index (χ4n) is 2.23. The number of phenolic OH excluding ortho intramolecular Hbond substituents is 1. The summed E-state index contributed by atoms with van der Waals surface area (Å²) in [6.07, 6.45) is 4.69. The van der Waals surface area contributed by atoms with E-state index < -0.39 is 0 Å². The lowest BCUT2D eigenvalue weighted by molar-refractivity contribution is 0.476. The molecular weight excluding hydrogens is 270 g/mol. The maximum absolute atomic E-state index is 9.48. The molecule has 0 aliphatic heterocycles. The zero-order valence-corrected chi connectivity index (χ0v) is 12.2.